The van der Waals surface area contributed by atoms with E-state index in [0.717, 1.165) is 11.2 Å². The van der Waals surface area contributed by atoms with E-state index in [1.807, 2.05) is 32.0 Å². The van der Waals surface area contributed by atoms with Crippen molar-refractivity contribution >= 4 is 16.8 Å². The van der Waals surface area contributed by atoms with Crippen LogP contribution in [-0.2, 0) is 11.3 Å². The van der Waals surface area contributed by atoms with Gasteiger partial charge in [0.15, 0.2) is 0 Å². The number of aryl methyl sites for hydroxylation is 1. The lowest BCUT2D eigenvalue weighted by molar-refractivity contribution is -0.120. The van der Waals surface area contributed by atoms with Crippen molar-refractivity contribution in [3.05, 3.63) is 35.5 Å². The summed E-state index contributed by atoms with van der Waals surface area (Å²) in [5.41, 5.74) is 3.43. The summed E-state index contributed by atoms with van der Waals surface area (Å²) >= 11 is 0. The van der Waals surface area contributed by atoms with Crippen LogP contribution in [0.2, 0.25) is 0 Å². The molecule has 16 heavy (non-hydrogen) atoms. The van der Waals surface area contributed by atoms with Crippen molar-refractivity contribution in [3.63, 3.8) is 0 Å². The van der Waals surface area contributed by atoms with Gasteiger partial charge in [0, 0.05) is 29.6 Å². The Labute approximate surface area is 94.9 Å². The summed E-state index contributed by atoms with van der Waals surface area (Å²) in [4.78, 5) is 14.6. The second kappa shape index (κ2) is 4.39. The Morgan fingerprint density at radius 3 is 2.88 bits per heavy atom. The molecule has 1 aromatic carbocycles. The molecule has 2 rings (SSSR count). The zero-order valence-electron chi connectivity index (χ0n) is 9.63. The molecule has 0 aliphatic rings. The van der Waals surface area contributed by atoms with E-state index in [1.165, 1.54) is 10.9 Å². The molecule has 0 atom stereocenters. The number of amides is 1. The van der Waals surface area contributed by atoms with E-state index in [0.29, 0.717) is 13.0 Å². The molecule has 0 saturated heterocycles. The molecule has 1 aromatic heterocycles. The SMILES string of the molecule is CCC(=O)NCc1c(C)[nH]c2ccccc12. The molecule has 3 nitrogen and oxygen atoms in total. The van der Waals surface area contributed by atoms with Gasteiger partial charge in [-0.1, -0.05) is 25.1 Å². The average Bonchev–Trinajstić information content (AvgIpc) is 2.62. The number of benzene rings is 1. The maximum Gasteiger partial charge on any atom is 0.219 e. The summed E-state index contributed by atoms with van der Waals surface area (Å²) < 4.78 is 0. The van der Waals surface area contributed by atoms with E-state index in [2.05, 4.69) is 16.4 Å². The third-order valence-corrected chi connectivity index (χ3v) is 2.81. The van der Waals surface area contributed by atoms with Crippen LogP contribution in [0.5, 0.6) is 0 Å². The van der Waals surface area contributed by atoms with E-state index >= 15 is 0 Å². The number of carbonyl (C=O) groups is 1. The van der Waals surface area contributed by atoms with Crippen molar-refractivity contribution in [3.8, 4) is 0 Å². The van der Waals surface area contributed by atoms with Crippen LogP contribution in [0.3, 0.4) is 0 Å². The highest BCUT2D eigenvalue weighted by molar-refractivity contribution is 5.85. The number of carbonyl (C=O) groups excluding carboxylic acids is 1. The maximum atomic E-state index is 11.2. The minimum atomic E-state index is 0.0877. The molecule has 0 aliphatic heterocycles. The van der Waals surface area contributed by atoms with E-state index in [1.54, 1.807) is 0 Å². The first kappa shape index (κ1) is 10.7. The minimum absolute atomic E-state index is 0.0877. The van der Waals surface area contributed by atoms with Gasteiger partial charge in [-0.2, -0.15) is 0 Å². The van der Waals surface area contributed by atoms with Crippen molar-refractivity contribution in [2.75, 3.05) is 0 Å². The lowest BCUT2D eigenvalue weighted by Crippen LogP contribution is -2.21. The summed E-state index contributed by atoms with van der Waals surface area (Å²) in [5, 5.41) is 4.10. The number of nitrogens with one attached hydrogen (secondary N) is 2. The fraction of sp³-hybridized carbons (Fsp3) is 0.308. The second-order valence-electron chi connectivity index (χ2n) is 3.90. The molecular weight excluding hydrogens is 200 g/mol. The second-order valence-corrected chi connectivity index (χ2v) is 3.90. The zero-order chi connectivity index (χ0) is 11.5. The van der Waals surface area contributed by atoms with Crippen molar-refractivity contribution in [2.24, 2.45) is 0 Å². The van der Waals surface area contributed by atoms with Gasteiger partial charge in [-0.3, -0.25) is 4.79 Å². The highest BCUT2D eigenvalue weighted by atomic mass is 16.1. The average molecular weight is 216 g/mol. The zero-order valence-corrected chi connectivity index (χ0v) is 9.63. The van der Waals surface area contributed by atoms with Crippen LogP contribution in [0.15, 0.2) is 24.3 Å². The lowest BCUT2D eigenvalue weighted by Gasteiger charge is -2.03. The molecule has 1 heterocycles. The van der Waals surface area contributed by atoms with Crippen LogP contribution in [0.25, 0.3) is 10.9 Å². The molecule has 0 fully saturated rings. The largest absolute Gasteiger partial charge is 0.358 e. The first-order valence-electron chi connectivity index (χ1n) is 5.55. The lowest BCUT2D eigenvalue weighted by atomic mass is 10.1. The molecule has 0 bridgehead atoms. The molecule has 3 heteroatoms. The molecular formula is C13H16N2O. The standard InChI is InChI=1S/C13H16N2O/c1-3-13(16)14-8-11-9(2)15-12-7-5-4-6-10(11)12/h4-7,15H,3,8H2,1-2H3,(H,14,16). The highest BCUT2D eigenvalue weighted by Gasteiger charge is 2.08. The van der Waals surface area contributed by atoms with Gasteiger partial charge in [-0.05, 0) is 18.6 Å². The van der Waals surface area contributed by atoms with Gasteiger partial charge >= 0.3 is 0 Å². The van der Waals surface area contributed by atoms with Crippen LogP contribution < -0.4 is 5.32 Å². The number of aromatic amines is 1. The fourth-order valence-corrected chi connectivity index (χ4v) is 1.87. The summed E-state index contributed by atoms with van der Waals surface area (Å²) in [5.74, 6) is 0.0877. The molecule has 0 saturated carbocycles. The Bertz CT molecular complexity index is 514. The molecule has 0 radical (unpaired) electrons. The summed E-state index contributed by atoms with van der Waals surface area (Å²) in [6.45, 7) is 4.49. The van der Waals surface area contributed by atoms with E-state index in [9.17, 15) is 4.79 Å². The maximum absolute atomic E-state index is 11.2. The molecule has 0 unspecified atom stereocenters. The van der Waals surface area contributed by atoms with Gasteiger partial charge in [0.2, 0.25) is 5.91 Å². The summed E-state index contributed by atoms with van der Waals surface area (Å²) in [6, 6.07) is 8.15. The highest BCUT2D eigenvalue weighted by Crippen LogP contribution is 2.21. The van der Waals surface area contributed by atoms with Crippen molar-refractivity contribution < 1.29 is 4.79 Å². The third kappa shape index (κ3) is 1.94. The Morgan fingerprint density at radius 1 is 1.38 bits per heavy atom. The molecule has 2 N–H and O–H groups in total. The van der Waals surface area contributed by atoms with Gasteiger partial charge in [0.05, 0.1) is 0 Å². The Hall–Kier alpha value is -1.77. The predicted octanol–water partition coefficient (Wildman–Crippen LogP) is 2.50. The molecule has 0 spiro atoms. The van der Waals surface area contributed by atoms with Crippen LogP contribution in [0, 0.1) is 6.92 Å². The van der Waals surface area contributed by atoms with Gasteiger partial charge in [0.1, 0.15) is 0 Å². The number of para-hydroxylation sites is 1. The van der Waals surface area contributed by atoms with Crippen molar-refractivity contribution in [1.82, 2.24) is 10.3 Å². The van der Waals surface area contributed by atoms with Gasteiger partial charge in [-0.15, -0.1) is 0 Å². The number of fused-ring (bicyclic) bond motifs is 1. The summed E-state index contributed by atoms with van der Waals surface area (Å²) in [6.07, 6.45) is 0.529. The molecule has 1 amide bonds. The smallest absolute Gasteiger partial charge is 0.219 e. The Morgan fingerprint density at radius 2 is 2.12 bits per heavy atom. The monoisotopic (exact) mass is 216 g/mol. The number of H-pyrrole nitrogens is 1. The molecule has 84 valence electrons. The van der Waals surface area contributed by atoms with Crippen molar-refractivity contribution in [2.45, 2.75) is 26.8 Å². The topological polar surface area (TPSA) is 44.9 Å². The Balaban J connectivity index is 2.29. The van der Waals surface area contributed by atoms with Gasteiger partial charge in [0.25, 0.3) is 0 Å². The quantitative estimate of drug-likeness (QED) is 0.813. The third-order valence-electron chi connectivity index (χ3n) is 2.81. The van der Waals surface area contributed by atoms with Gasteiger partial charge in [-0.25, -0.2) is 0 Å². The van der Waals surface area contributed by atoms with E-state index < -0.39 is 0 Å². The van der Waals surface area contributed by atoms with Gasteiger partial charge < -0.3 is 10.3 Å². The number of rotatable bonds is 3. The number of hydrogen-bond donors (Lipinski definition) is 2. The van der Waals surface area contributed by atoms with Crippen LogP contribution in [0.1, 0.15) is 24.6 Å². The van der Waals surface area contributed by atoms with E-state index in [4.69, 9.17) is 0 Å². The first-order valence-corrected chi connectivity index (χ1v) is 5.55. The first-order chi connectivity index (χ1) is 7.72. The normalized spacial score (nSPS) is 10.6. The summed E-state index contributed by atoms with van der Waals surface area (Å²) in [7, 11) is 0. The minimum Gasteiger partial charge on any atom is -0.358 e. The van der Waals surface area contributed by atoms with E-state index in [-0.39, 0.29) is 5.91 Å². The van der Waals surface area contributed by atoms with Crippen LogP contribution >= 0.6 is 0 Å². The van der Waals surface area contributed by atoms with Crippen LogP contribution in [-0.4, -0.2) is 10.9 Å². The molecule has 0 aliphatic carbocycles. The fourth-order valence-electron chi connectivity index (χ4n) is 1.87. The van der Waals surface area contributed by atoms with Crippen molar-refractivity contribution in [1.29, 1.82) is 0 Å². The van der Waals surface area contributed by atoms with Crippen LogP contribution in [0.4, 0.5) is 0 Å². The number of aromatic nitrogens is 1. The number of hydrogen-bond acceptors (Lipinski definition) is 1. The Kier molecular flexibility index (Phi) is 2.95. The molecule has 2 aromatic rings. The predicted molar refractivity (Wildman–Crippen MR) is 65.2 cm³/mol.